The third kappa shape index (κ3) is 5.26. The zero-order chi connectivity index (χ0) is 21.0. The molecule has 0 aliphatic heterocycles. The number of carbonyl (C=O) groups excluding carboxylic acids is 1. The summed E-state index contributed by atoms with van der Waals surface area (Å²) in [5, 5.41) is 3.06. The van der Waals surface area contributed by atoms with Crippen molar-refractivity contribution in [3.8, 4) is 0 Å². The number of furan rings is 1. The van der Waals surface area contributed by atoms with E-state index in [4.69, 9.17) is 16.0 Å². The molecule has 6 nitrogen and oxygen atoms in total. The lowest BCUT2D eigenvalue weighted by atomic mass is 10.2. The minimum absolute atomic E-state index is 0.0712. The van der Waals surface area contributed by atoms with E-state index in [9.17, 15) is 13.2 Å². The van der Waals surface area contributed by atoms with Crippen LogP contribution in [0.4, 0.5) is 5.69 Å². The third-order valence-electron chi connectivity index (χ3n) is 4.29. The van der Waals surface area contributed by atoms with Gasteiger partial charge in [-0.05, 0) is 55.8 Å². The van der Waals surface area contributed by atoms with Crippen molar-refractivity contribution in [2.24, 2.45) is 0 Å². The highest BCUT2D eigenvalue weighted by atomic mass is 35.5. The Morgan fingerprint density at radius 1 is 1.07 bits per heavy atom. The molecule has 0 bridgehead atoms. The molecule has 0 saturated carbocycles. The van der Waals surface area contributed by atoms with Gasteiger partial charge in [-0.2, -0.15) is 4.31 Å². The van der Waals surface area contributed by atoms with Gasteiger partial charge in [0.05, 0.1) is 35.0 Å². The summed E-state index contributed by atoms with van der Waals surface area (Å²) in [4.78, 5) is 12.7. The van der Waals surface area contributed by atoms with Crippen LogP contribution < -0.4 is 5.32 Å². The fraction of sp³-hybridized carbons (Fsp3) is 0.190. The summed E-state index contributed by atoms with van der Waals surface area (Å²) in [6.45, 7) is 3.30. The first-order valence-corrected chi connectivity index (χ1v) is 10.7. The molecule has 0 fully saturated rings. The van der Waals surface area contributed by atoms with E-state index in [0.29, 0.717) is 16.5 Å². The lowest BCUT2D eigenvalue weighted by molar-refractivity contribution is -0.116. The highest BCUT2D eigenvalue weighted by molar-refractivity contribution is 7.89. The standard InChI is InChI=1S/C21H21ClN2O4S/c1-15-5-8-18(9-6-15)29(26,27)24(13-17-4-3-11-28-17)14-21(25)23-20-10-7-16(2)12-19(20)22/h3-12H,13-14H2,1-2H3,(H,23,25). The Kier molecular flexibility index (Phi) is 6.42. The van der Waals surface area contributed by atoms with Crippen LogP contribution in [0.2, 0.25) is 5.02 Å². The first-order chi connectivity index (χ1) is 13.8. The van der Waals surface area contributed by atoms with Gasteiger partial charge in [0, 0.05) is 0 Å². The van der Waals surface area contributed by atoms with Crippen molar-refractivity contribution in [3.63, 3.8) is 0 Å². The van der Waals surface area contributed by atoms with E-state index in [1.807, 2.05) is 19.9 Å². The Bertz CT molecular complexity index is 1090. The average molecular weight is 433 g/mol. The van der Waals surface area contributed by atoms with E-state index in [0.717, 1.165) is 15.4 Å². The molecular weight excluding hydrogens is 412 g/mol. The van der Waals surface area contributed by atoms with Gasteiger partial charge in [-0.15, -0.1) is 0 Å². The van der Waals surface area contributed by atoms with E-state index < -0.39 is 15.9 Å². The summed E-state index contributed by atoms with van der Waals surface area (Å²) >= 11 is 6.16. The minimum atomic E-state index is -3.92. The number of benzene rings is 2. The van der Waals surface area contributed by atoms with Crippen LogP contribution in [-0.2, 0) is 21.4 Å². The Morgan fingerprint density at radius 3 is 2.38 bits per heavy atom. The quantitative estimate of drug-likeness (QED) is 0.600. The van der Waals surface area contributed by atoms with Crippen LogP contribution in [0.1, 0.15) is 16.9 Å². The number of nitrogens with zero attached hydrogens (tertiary/aromatic N) is 1. The Morgan fingerprint density at radius 2 is 1.76 bits per heavy atom. The number of hydrogen-bond donors (Lipinski definition) is 1. The molecule has 0 saturated heterocycles. The van der Waals surface area contributed by atoms with Gasteiger partial charge in [-0.25, -0.2) is 8.42 Å². The van der Waals surface area contributed by atoms with Crippen molar-refractivity contribution >= 4 is 33.2 Å². The number of nitrogens with one attached hydrogen (secondary N) is 1. The summed E-state index contributed by atoms with van der Waals surface area (Å²) in [6.07, 6.45) is 1.46. The number of hydrogen-bond acceptors (Lipinski definition) is 4. The largest absolute Gasteiger partial charge is 0.468 e. The van der Waals surface area contributed by atoms with Crippen LogP contribution in [0.25, 0.3) is 0 Å². The second kappa shape index (κ2) is 8.82. The molecule has 0 aliphatic rings. The van der Waals surface area contributed by atoms with E-state index >= 15 is 0 Å². The zero-order valence-corrected chi connectivity index (χ0v) is 17.6. The molecular formula is C21H21ClN2O4S. The molecule has 0 unspecified atom stereocenters. The molecule has 8 heteroatoms. The first kappa shape index (κ1) is 21.1. The number of anilines is 1. The molecule has 152 valence electrons. The molecule has 2 aromatic carbocycles. The van der Waals surface area contributed by atoms with E-state index in [-0.39, 0.29) is 18.0 Å². The predicted molar refractivity (Wildman–Crippen MR) is 112 cm³/mol. The van der Waals surface area contributed by atoms with Crippen LogP contribution in [-0.4, -0.2) is 25.2 Å². The van der Waals surface area contributed by atoms with E-state index in [1.165, 1.54) is 18.4 Å². The van der Waals surface area contributed by atoms with Gasteiger partial charge in [-0.1, -0.05) is 35.4 Å². The highest BCUT2D eigenvalue weighted by Gasteiger charge is 2.28. The molecule has 0 radical (unpaired) electrons. The molecule has 3 rings (SSSR count). The van der Waals surface area contributed by atoms with Gasteiger partial charge < -0.3 is 9.73 Å². The van der Waals surface area contributed by atoms with E-state index in [1.54, 1.807) is 36.4 Å². The van der Waals surface area contributed by atoms with Crippen molar-refractivity contribution in [2.45, 2.75) is 25.3 Å². The average Bonchev–Trinajstić information content (AvgIpc) is 3.17. The number of aryl methyl sites for hydroxylation is 2. The van der Waals surface area contributed by atoms with Crippen LogP contribution >= 0.6 is 11.6 Å². The summed E-state index contributed by atoms with van der Waals surface area (Å²) in [5.41, 5.74) is 2.32. The van der Waals surface area contributed by atoms with Crippen LogP contribution in [0.15, 0.2) is 70.2 Å². The maximum atomic E-state index is 13.1. The topological polar surface area (TPSA) is 79.6 Å². The van der Waals surface area contributed by atoms with Gasteiger partial charge in [0.1, 0.15) is 5.76 Å². The molecule has 29 heavy (non-hydrogen) atoms. The molecule has 0 spiro atoms. The minimum Gasteiger partial charge on any atom is -0.468 e. The number of halogens is 1. The number of carbonyl (C=O) groups is 1. The normalized spacial score (nSPS) is 11.6. The zero-order valence-electron chi connectivity index (χ0n) is 16.1. The number of sulfonamides is 1. The molecule has 3 aromatic rings. The smallest absolute Gasteiger partial charge is 0.243 e. The molecule has 0 atom stereocenters. The van der Waals surface area contributed by atoms with E-state index in [2.05, 4.69) is 5.32 Å². The van der Waals surface area contributed by atoms with Gasteiger partial charge in [-0.3, -0.25) is 4.79 Å². The lowest BCUT2D eigenvalue weighted by Crippen LogP contribution is -2.37. The fourth-order valence-corrected chi connectivity index (χ4v) is 4.38. The van der Waals surface area contributed by atoms with Crippen LogP contribution in [0.3, 0.4) is 0 Å². The fourth-order valence-electron chi connectivity index (χ4n) is 2.73. The molecule has 0 aliphatic carbocycles. The summed E-state index contributed by atoms with van der Waals surface area (Å²) < 4.78 is 32.7. The molecule has 1 aromatic heterocycles. The van der Waals surface area contributed by atoms with Gasteiger partial charge in [0.2, 0.25) is 15.9 Å². The Labute approximate surface area is 175 Å². The number of amides is 1. The van der Waals surface area contributed by atoms with Gasteiger partial charge >= 0.3 is 0 Å². The van der Waals surface area contributed by atoms with Crippen LogP contribution in [0, 0.1) is 13.8 Å². The van der Waals surface area contributed by atoms with Gasteiger partial charge in [0.25, 0.3) is 0 Å². The third-order valence-corrected chi connectivity index (χ3v) is 6.41. The van der Waals surface area contributed by atoms with Gasteiger partial charge in [0.15, 0.2) is 0 Å². The predicted octanol–water partition coefficient (Wildman–Crippen LogP) is 4.38. The Hall–Kier alpha value is -2.61. The summed E-state index contributed by atoms with van der Waals surface area (Å²) in [7, 11) is -3.92. The van der Waals surface area contributed by atoms with Crippen molar-refractivity contribution in [3.05, 3.63) is 82.8 Å². The van der Waals surface area contributed by atoms with Crippen molar-refractivity contribution in [1.29, 1.82) is 0 Å². The Balaban J connectivity index is 1.85. The highest BCUT2D eigenvalue weighted by Crippen LogP contribution is 2.24. The SMILES string of the molecule is Cc1ccc(S(=O)(=O)N(CC(=O)Nc2ccc(C)cc2Cl)Cc2ccco2)cc1. The lowest BCUT2D eigenvalue weighted by Gasteiger charge is -2.21. The van der Waals surface area contributed by atoms with Crippen molar-refractivity contribution in [1.82, 2.24) is 4.31 Å². The molecule has 1 heterocycles. The maximum Gasteiger partial charge on any atom is 0.243 e. The second-order valence-corrected chi connectivity index (χ2v) is 9.04. The molecule has 1 amide bonds. The van der Waals surface area contributed by atoms with Crippen LogP contribution in [0.5, 0.6) is 0 Å². The monoisotopic (exact) mass is 432 g/mol. The number of rotatable bonds is 7. The second-order valence-electron chi connectivity index (χ2n) is 6.70. The van der Waals surface area contributed by atoms with Crippen molar-refractivity contribution in [2.75, 3.05) is 11.9 Å². The maximum absolute atomic E-state index is 13.1. The summed E-state index contributed by atoms with van der Waals surface area (Å²) in [5.74, 6) is -0.0696. The molecule has 1 N–H and O–H groups in total. The van der Waals surface area contributed by atoms with Crippen molar-refractivity contribution < 1.29 is 17.6 Å². The summed E-state index contributed by atoms with van der Waals surface area (Å²) in [6, 6.07) is 15.0. The first-order valence-electron chi connectivity index (χ1n) is 8.91.